The molecule has 0 radical (unpaired) electrons. The zero-order valence-corrected chi connectivity index (χ0v) is 7.05. The van der Waals surface area contributed by atoms with Crippen LogP contribution >= 0.6 is 0 Å². The molecule has 64 valence electrons. The van der Waals surface area contributed by atoms with Crippen molar-refractivity contribution >= 4 is 6.09 Å². The number of cyclic esters (lactones) is 1. The minimum atomic E-state index is -0.646. The number of rotatable bonds is 1. The Balaban J connectivity index is 2.95. The number of ether oxygens (including phenoxy) is 1. The second-order valence-electron chi connectivity index (χ2n) is 2.79. The van der Waals surface area contributed by atoms with Gasteiger partial charge in [0.25, 0.3) is 0 Å². The number of nitrogens with one attached hydrogen (secondary N) is 1. The summed E-state index contributed by atoms with van der Waals surface area (Å²) in [6.45, 7) is 3.67. The van der Waals surface area contributed by atoms with Crippen LogP contribution in [0.1, 0.15) is 20.3 Å². The number of alkyl carbamates (subject to hydrolysis) is 1. The van der Waals surface area contributed by atoms with Crippen molar-refractivity contribution in [1.82, 2.24) is 5.32 Å². The number of nitriles is 1. The minimum absolute atomic E-state index is 0.485. The lowest BCUT2D eigenvalue weighted by Gasteiger charge is -2.19. The number of amides is 1. The molecule has 0 saturated carbocycles. The van der Waals surface area contributed by atoms with Crippen molar-refractivity contribution in [2.45, 2.75) is 25.9 Å². The predicted octanol–water partition coefficient (Wildman–Crippen LogP) is 1.30. The van der Waals surface area contributed by atoms with Crippen LogP contribution in [0.25, 0.3) is 0 Å². The third-order valence-electron chi connectivity index (χ3n) is 2.01. The molecule has 0 aliphatic carbocycles. The molecule has 0 spiro atoms. The molecule has 12 heavy (non-hydrogen) atoms. The van der Waals surface area contributed by atoms with E-state index >= 15 is 0 Å². The summed E-state index contributed by atoms with van der Waals surface area (Å²) in [5.41, 5.74) is -0.107. The second kappa shape index (κ2) is 2.86. The summed E-state index contributed by atoms with van der Waals surface area (Å²) in [5.74, 6) is 0. The van der Waals surface area contributed by atoms with Crippen LogP contribution in [0.2, 0.25) is 0 Å². The van der Waals surface area contributed by atoms with Crippen molar-refractivity contribution in [2.75, 3.05) is 0 Å². The molecule has 4 nitrogen and oxygen atoms in total. The van der Waals surface area contributed by atoms with Gasteiger partial charge in [0.15, 0.2) is 5.60 Å². The van der Waals surface area contributed by atoms with Gasteiger partial charge in [-0.15, -0.1) is 0 Å². The van der Waals surface area contributed by atoms with Crippen LogP contribution in [0.5, 0.6) is 0 Å². The zero-order chi connectivity index (χ0) is 9.19. The van der Waals surface area contributed by atoms with Gasteiger partial charge in [-0.1, -0.05) is 6.92 Å². The molecule has 0 aromatic heterocycles. The first-order chi connectivity index (χ1) is 5.62. The van der Waals surface area contributed by atoms with Crippen LogP contribution < -0.4 is 5.32 Å². The highest BCUT2D eigenvalue weighted by molar-refractivity contribution is 5.74. The van der Waals surface area contributed by atoms with E-state index in [1.54, 1.807) is 6.92 Å². The maximum Gasteiger partial charge on any atom is 0.412 e. The summed E-state index contributed by atoms with van der Waals surface area (Å²) < 4.78 is 4.99. The Morgan fingerprint density at radius 2 is 2.50 bits per heavy atom. The minimum Gasteiger partial charge on any atom is -0.437 e. The summed E-state index contributed by atoms with van der Waals surface area (Å²) in [7, 11) is 0. The van der Waals surface area contributed by atoms with E-state index < -0.39 is 11.7 Å². The van der Waals surface area contributed by atoms with Crippen LogP contribution in [-0.2, 0) is 4.74 Å². The van der Waals surface area contributed by atoms with Gasteiger partial charge >= 0.3 is 6.09 Å². The first-order valence-corrected chi connectivity index (χ1v) is 3.72. The standard InChI is InChI=1S/C8H10N2O2/c1-3-8(2)6(4-5-9)10-7(11)12-8/h4H,3H2,1-2H3,(H,10,11). The fraction of sp³-hybridized carbons (Fsp3) is 0.500. The number of allylic oxidation sites excluding steroid dienone is 1. The molecule has 0 bridgehead atoms. The van der Waals surface area contributed by atoms with Gasteiger partial charge < -0.3 is 4.74 Å². The van der Waals surface area contributed by atoms with Crippen LogP contribution in [0, 0.1) is 11.3 Å². The lowest BCUT2D eigenvalue weighted by Crippen LogP contribution is -2.25. The average molecular weight is 166 g/mol. The zero-order valence-electron chi connectivity index (χ0n) is 7.05. The van der Waals surface area contributed by atoms with E-state index in [0.29, 0.717) is 12.1 Å². The molecule has 0 aromatic rings. The first-order valence-electron chi connectivity index (χ1n) is 3.72. The highest BCUT2D eigenvalue weighted by Gasteiger charge is 2.38. The fourth-order valence-corrected chi connectivity index (χ4v) is 1.04. The number of carbonyl (C=O) groups excluding carboxylic acids is 1. The highest BCUT2D eigenvalue weighted by Crippen LogP contribution is 2.28. The Kier molecular flexibility index (Phi) is 2.05. The molecule has 1 N–H and O–H groups in total. The molecule has 0 aromatic carbocycles. The molecule has 4 heteroatoms. The molecular formula is C8H10N2O2. The van der Waals surface area contributed by atoms with Crippen LogP contribution in [0.3, 0.4) is 0 Å². The van der Waals surface area contributed by atoms with E-state index in [1.807, 2.05) is 13.0 Å². The number of carbonyl (C=O) groups is 1. The Morgan fingerprint density at radius 1 is 1.83 bits per heavy atom. The van der Waals surface area contributed by atoms with Crippen molar-refractivity contribution in [3.8, 4) is 6.07 Å². The summed E-state index contributed by atoms with van der Waals surface area (Å²) in [6, 6.07) is 1.86. The number of hydrogen-bond donors (Lipinski definition) is 1. The fourth-order valence-electron chi connectivity index (χ4n) is 1.04. The second-order valence-corrected chi connectivity index (χ2v) is 2.79. The quantitative estimate of drug-likeness (QED) is 0.597. The predicted molar refractivity (Wildman–Crippen MR) is 42.0 cm³/mol. The van der Waals surface area contributed by atoms with E-state index in [2.05, 4.69) is 5.32 Å². The summed E-state index contributed by atoms with van der Waals surface area (Å²) in [6.07, 6.45) is 1.47. The Labute approximate surface area is 70.8 Å². The molecule has 1 unspecified atom stereocenters. The van der Waals surface area contributed by atoms with Gasteiger partial charge in [-0.25, -0.2) is 4.79 Å². The van der Waals surface area contributed by atoms with Gasteiger partial charge in [-0.3, -0.25) is 5.32 Å². The smallest absolute Gasteiger partial charge is 0.412 e. The topological polar surface area (TPSA) is 62.1 Å². The van der Waals surface area contributed by atoms with Gasteiger partial charge in [0.1, 0.15) is 0 Å². The molecule has 1 fully saturated rings. The van der Waals surface area contributed by atoms with Crippen molar-refractivity contribution in [2.24, 2.45) is 0 Å². The van der Waals surface area contributed by atoms with E-state index in [-0.39, 0.29) is 0 Å². The molecule has 1 atom stereocenters. The molecule has 1 amide bonds. The third kappa shape index (κ3) is 1.26. The maximum absolute atomic E-state index is 10.8. The van der Waals surface area contributed by atoms with Crippen LogP contribution in [0.15, 0.2) is 11.8 Å². The molecule has 1 aliphatic rings. The Hall–Kier alpha value is -1.50. The lowest BCUT2D eigenvalue weighted by atomic mass is 10.00. The molecule has 1 heterocycles. The Bertz CT molecular complexity index is 277. The maximum atomic E-state index is 10.8. The normalized spacial score (nSPS) is 31.1. The lowest BCUT2D eigenvalue weighted by molar-refractivity contribution is 0.0816. The van der Waals surface area contributed by atoms with Gasteiger partial charge in [0.2, 0.25) is 0 Å². The van der Waals surface area contributed by atoms with E-state index in [9.17, 15) is 4.79 Å². The average Bonchev–Trinajstić information content (AvgIpc) is 2.29. The number of hydrogen-bond acceptors (Lipinski definition) is 3. The summed E-state index contributed by atoms with van der Waals surface area (Å²) >= 11 is 0. The van der Waals surface area contributed by atoms with Gasteiger partial charge in [0.05, 0.1) is 11.8 Å². The highest BCUT2D eigenvalue weighted by atomic mass is 16.6. The van der Waals surface area contributed by atoms with Crippen molar-refractivity contribution in [3.63, 3.8) is 0 Å². The summed E-state index contributed by atoms with van der Waals surface area (Å²) in [5, 5.41) is 10.9. The van der Waals surface area contributed by atoms with Crippen molar-refractivity contribution < 1.29 is 9.53 Å². The van der Waals surface area contributed by atoms with Crippen molar-refractivity contribution in [1.29, 1.82) is 5.26 Å². The van der Waals surface area contributed by atoms with E-state index in [1.165, 1.54) is 6.08 Å². The van der Waals surface area contributed by atoms with Crippen LogP contribution in [-0.4, -0.2) is 11.7 Å². The van der Waals surface area contributed by atoms with Crippen LogP contribution in [0.4, 0.5) is 4.79 Å². The van der Waals surface area contributed by atoms with Gasteiger partial charge in [-0.05, 0) is 13.3 Å². The number of nitrogens with zero attached hydrogens (tertiary/aromatic N) is 1. The largest absolute Gasteiger partial charge is 0.437 e. The first kappa shape index (κ1) is 8.60. The molecule has 1 saturated heterocycles. The molecule has 1 aliphatic heterocycles. The van der Waals surface area contributed by atoms with E-state index in [0.717, 1.165) is 0 Å². The van der Waals surface area contributed by atoms with Gasteiger partial charge in [-0.2, -0.15) is 5.26 Å². The van der Waals surface area contributed by atoms with E-state index in [4.69, 9.17) is 10.00 Å². The Morgan fingerprint density at radius 3 is 3.00 bits per heavy atom. The monoisotopic (exact) mass is 166 g/mol. The SMILES string of the molecule is CCC1(C)OC(=O)NC1=CC#N. The third-order valence-corrected chi connectivity index (χ3v) is 2.01. The van der Waals surface area contributed by atoms with Crippen molar-refractivity contribution in [3.05, 3.63) is 11.8 Å². The summed E-state index contributed by atoms with van der Waals surface area (Å²) in [4.78, 5) is 10.8. The molecular weight excluding hydrogens is 156 g/mol. The van der Waals surface area contributed by atoms with Gasteiger partial charge in [0, 0.05) is 6.08 Å². The molecule has 1 rings (SSSR count).